The number of nitrogens with zero attached hydrogens (tertiary/aromatic N) is 4. The standard InChI is InChI=1S/C21H20N6O2/c28-19-11-24-20-18(27(19)12-14-1-2-14)9-15(10-23-20)21(29)25-16-3-5-17(6-4-16)26-8-7-22-13-26/h3-10,13-14H,1-2,11-12H2,(H,23,24)(H,25,29). The molecule has 0 radical (unpaired) electrons. The van der Waals surface area contributed by atoms with E-state index < -0.39 is 0 Å². The lowest BCUT2D eigenvalue weighted by molar-refractivity contribution is -0.117. The maximum Gasteiger partial charge on any atom is 0.257 e. The van der Waals surface area contributed by atoms with Crippen molar-refractivity contribution in [1.29, 1.82) is 0 Å². The summed E-state index contributed by atoms with van der Waals surface area (Å²) < 4.78 is 1.89. The first kappa shape index (κ1) is 17.4. The fourth-order valence-corrected chi connectivity index (χ4v) is 3.40. The Labute approximate surface area is 167 Å². The van der Waals surface area contributed by atoms with Crippen LogP contribution in [-0.4, -0.2) is 39.4 Å². The normalized spacial score (nSPS) is 15.6. The first-order valence-corrected chi connectivity index (χ1v) is 9.61. The molecule has 1 aromatic carbocycles. The van der Waals surface area contributed by atoms with E-state index in [1.54, 1.807) is 23.5 Å². The van der Waals surface area contributed by atoms with Crippen molar-refractivity contribution in [2.24, 2.45) is 5.92 Å². The zero-order valence-electron chi connectivity index (χ0n) is 15.7. The van der Waals surface area contributed by atoms with E-state index in [1.807, 2.05) is 35.0 Å². The topological polar surface area (TPSA) is 92.2 Å². The maximum absolute atomic E-state index is 12.7. The molecule has 8 heteroatoms. The van der Waals surface area contributed by atoms with Gasteiger partial charge < -0.3 is 20.1 Å². The summed E-state index contributed by atoms with van der Waals surface area (Å²) in [5.41, 5.74) is 2.73. The molecule has 0 saturated heterocycles. The van der Waals surface area contributed by atoms with E-state index in [9.17, 15) is 9.59 Å². The average Bonchev–Trinajstić information content (AvgIpc) is 3.39. The van der Waals surface area contributed by atoms with E-state index in [1.165, 1.54) is 6.20 Å². The highest BCUT2D eigenvalue weighted by Crippen LogP contribution is 2.35. The van der Waals surface area contributed by atoms with Crippen molar-refractivity contribution in [3.8, 4) is 5.69 Å². The van der Waals surface area contributed by atoms with Crippen LogP contribution in [0.5, 0.6) is 0 Å². The van der Waals surface area contributed by atoms with Gasteiger partial charge in [0.05, 0.1) is 24.1 Å². The number of imidazole rings is 1. The Hall–Kier alpha value is -3.68. The number of carbonyl (C=O) groups excluding carboxylic acids is 2. The quantitative estimate of drug-likeness (QED) is 0.701. The van der Waals surface area contributed by atoms with E-state index in [-0.39, 0.29) is 18.4 Å². The molecular formula is C21H20N6O2. The molecule has 0 bridgehead atoms. The number of aromatic nitrogens is 3. The Morgan fingerprint density at radius 1 is 1.24 bits per heavy atom. The molecule has 0 atom stereocenters. The molecule has 0 spiro atoms. The highest BCUT2D eigenvalue weighted by molar-refractivity contribution is 6.07. The lowest BCUT2D eigenvalue weighted by Gasteiger charge is -2.29. The van der Waals surface area contributed by atoms with Crippen molar-refractivity contribution in [3.63, 3.8) is 0 Å². The SMILES string of the molecule is O=C(Nc1ccc(-n2ccnc2)cc1)c1cnc2c(c1)N(CC1CC1)C(=O)CN2. The molecule has 2 N–H and O–H groups in total. The first-order valence-electron chi connectivity index (χ1n) is 9.61. The third-order valence-electron chi connectivity index (χ3n) is 5.19. The van der Waals surface area contributed by atoms with Crippen molar-refractivity contribution in [3.05, 3.63) is 60.8 Å². The molecule has 1 fully saturated rings. The summed E-state index contributed by atoms with van der Waals surface area (Å²) in [6.07, 6.45) is 9.12. The van der Waals surface area contributed by atoms with Crippen LogP contribution in [0.1, 0.15) is 23.2 Å². The maximum atomic E-state index is 12.7. The molecule has 0 unspecified atom stereocenters. The van der Waals surface area contributed by atoms with E-state index in [2.05, 4.69) is 20.6 Å². The predicted octanol–water partition coefficient (Wildman–Crippen LogP) is 2.69. The zero-order valence-corrected chi connectivity index (χ0v) is 15.7. The van der Waals surface area contributed by atoms with Gasteiger partial charge in [0, 0.05) is 36.5 Å². The van der Waals surface area contributed by atoms with Gasteiger partial charge in [-0.1, -0.05) is 0 Å². The molecule has 1 aliphatic heterocycles. The molecule has 29 heavy (non-hydrogen) atoms. The third-order valence-corrected chi connectivity index (χ3v) is 5.19. The molecule has 2 aromatic heterocycles. The monoisotopic (exact) mass is 388 g/mol. The summed E-state index contributed by atoms with van der Waals surface area (Å²) in [6, 6.07) is 9.22. The van der Waals surface area contributed by atoms with Crippen LogP contribution in [0, 0.1) is 5.92 Å². The largest absolute Gasteiger partial charge is 0.359 e. The highest BCUT2D eigenvalue weighted by Gasteiger charge is 2.32. The summed E-state index contributed by atoms with van der Waals surface area (Å²) in [5.74, 6) is 0.946. The molecule has 146 valence electrons. The van der Waals surface area contributed by atoms with E-state index in [0.29, 0.717) is 35.2 Å². The van der Waals surface area contributed by atoms with Gasteiger partial charge in [0.25, 0.3) is 5.91 Å². The van der Waals surface area contributed by atoms with Crippen LogP contribution in [0.3, 0.4) is 0 Å². The van der Waals surface area contributed by atoms with Crippen LogP contribution < -0.4 is 15.5 Å². The Balaban J connectivity index is 1.35. The number of benzene rings is 1. The van der Waals surface area contributed by atoms with Crippen molar-refractivity contribution >= 4 is 29.0 Å². The van der Waals surface area contributed by atoms with Crippen LogP contribution in [0.25, 0.3) is 5.69 Å². The summed E-state index contributed by atoms with van der Waals surface area (Å²) in [7, 11) is 0. The zero-order chi connectivity index (χ0) is 19.8. The van der Waals surface area contributed by atoms with Crippen LogP contribution in [0.15, 0.2) is 55.2 Å². The first-order chi connectivity index (χ1) is 14.2. The second kappa shape index (κ2) is 7.05. The number of nitrogens with one attached hydrogen (secondary N) is 2. The lowest BCUT2D eigenvalue weighted by Crippen LogP contribution is -2.41. The summed E-state index contributed by atoms with van der Waals surface area (Å²) in [5, 5.41) is 5.92. The number of amides is 2. The number of fused-ring (bicyclic) bond motifs is 1. The van der Waals surface area contributed by atoms with Gasteiger partial charge in [-0.15, -0.1) is 0 Å². The number of hydrogen-bond acceptors (Lipinski definition) is 5. The van der Waals surface area contributed by atoms with E-state index >= 15 is 0 Å². The van der Waals surface area contributed by atoms with E-state index in [0.717, 1.165) is 18.5 Å². The molecule has 5 rings (SSSR count). The summed E-state index contributed by atoms with van der Waals surface area (Å²) in [4.78, 5) is 35.3. The van der Waals surface area contributed by atoms with Gasteiger partial charge in [-0.3, -0.25) is 9.59 Å². The van der Waals surface area contributed by atoms with Gasteiger partial charge in [-0.25, -0.2) is 9.97 Å². The van der Waals surface area contributed by atoms with Gasteiger partial charge in [-0.05, 0) is 49.1 Å². The Bertz CT molecular complexity index is 1060. The highest BCUT2D eigenvalue weighted by atomic mass is 16.2. The number of rotatable bonds is 5. The van der Waals surface area contributed by atoms with Crippen LogP contribution in [0.4, 0.5) is 17.2 Å². The Kier molecular flexibility index (Phi) is 4.23. The number of pyridine rings is 1. The Morgan fingerprint density at radius 3 is 2.79 bits per heavy atom. The van der Waals surface area contributed by atoms with Crippen molar-refractivity contribution in [1.82, 2.24) is 14.5 Å². The van der Waals surface area contributed by atoms with Crippen molar-refractivity contribution in [2.45, 2.75) is 12.8 Å². The third kappa shape index (κ3) is 3.56. The van der Waals surface area contributed by atoms with Crippen molar-refractivity contribution in [2.75, 3.05) is 28.6 Å². The minimum atomic E-state index is -0.264. The minimum absolute atomic E-state index is 0.0128. The molecular weight excluding hydrogens is 368 g/mol. The molecule has 3 heterocycles. The molecule has 1 saturated carbocycles. The minimum Gasteiger partial charge on any atom is -0.359 e. The van der Waals surface area contributed by atoms with Crippen molar-refractivity contribution < 1.29 is 9.59 Å². The Morgan fingerprint density at radius 2 is 2.07 bits per heavy atom. The molecule has 3 aromatic rings. The smallest absolute Gasteiger partial charge is 0.257 e. The number of anilines is 3. The lowest BCUT2D eigenvalue weighted by atomic mass is 10.1. The van der Waals surface area contributed by atoms with Crippen LogP contribution in [0.2, 0.25) is 0 Å². The van der Waals surface area contributed by atoms with Gasteiger partial charge in [0.2, 0.25) is 5.91 Å². The predicted molar refractivity (Wildman–Crippen MR) is 109 cm³/mol. The molecule has 2 aliphatic rings. The fourth-order valence-electron chi connectivity index (χ4n) is 3.40. The molecule has 1 aliphatic carbocycles. The summed E-state index contributed by atoms with van der Waals surface area (Å²) in [6.45, 7) is 0.928. The van der Waals surface area contributed by atoms with Crippen LogP contribution in [-0.2, 0) is 4.79 Å². The molecule has 2 amide bonds. The van der Waals surface area contributed by atoms with Gasteiger partial charge in [0.15, 0.2) is 0 Å². The van der Waals surface area contributed by atoms with Gasteiger partial charge in [-0.2, -0.15) is 0 Å². The van der Waals surface area contributed by atoms with Gasteiger partial charge >= 0.3 is 0 Å². The second-order valence-electron chi connectivity index (χ2n) is 7.36. The average molecular weight is 388 g/mol. The summed E-state index contributed by atoms with van der Waals surface area (Å²) >= 11 is 0. The van der Waals surface area contributed by atoms with E-state index in [4.69, 9.17) is 0 Å². The fraction of sp³-hybridized carbons (Fsp3) is 0.238. The number of carbonyl (C=O) groups is 2. The van der Waals surface area contributed by atoms with Crippen LogP contribution >= 0.6 is 0 Å². The molecule has 8 nitrogen and oxygen atoms in total. The second-order valence-corrected chi connectivity index (χ2v) is 7.36. The van der Waals surface area contributed by atoms with Gasteiger partial charge in [0.1, 0.15) is 5.82 Å². The number of hydrogen-bond donors (Lipinski definition) is 2.